The van der Waals surface area contributed by atoms with Gasteiger partial charge >= 0.3 is 0 Å². The van der Waals surface area contributed by atoms with Gasteiger partial charge in [0.1, 0.15) is 5.82 Å². The lowest BCUT2D eigenvalue weighted by Gasteiger charge is -2.10. The van der Waals surface area contributed by atoms with Crippen LogP contribution in [0, 0.1) is 17.5 Å². The van der Waals surface area contributed by atoms with E-state index in [0.29, 0.717) is 10.5 Å². The van der Waals surface area contributed by atoms with E-state index >= 15 is 0 Å². The monoisotopic (exact) mass is 437 g/mol. The van der Waals surface area contributed by atoms with E-state index in [4.69, 9.17) is 4.74 Å². The van der Waals surface area contributed by atoms with E-state index in [1.54, 1.807) is 6.07 Å². The molecule has 8 heteroatoms. The van der Waals surface area contributed by atoms with Crippen molar-refractivity contribution in [3.63, 3.8) is 0 Å². The van der Waals surface area contributed by atoms with Crippen LogP contribution in [0.15, 0.2) is 39.3 Å². The van der Waals surface area contributed by atoms with Crippen molar-refractivity contribution >= 4 is 43.5 Å². The van der Waals surface area contributed by atoms with E-state index < -0.39 is 30.0 Å². The van der Waals surface area contributed by atoms with Gasteiger partial charge in [-0.1, -0.05) is 15.9 Å². The van der Waals surface area contributed by atoms with Crippen LogP contribution in [0.1, 0.15) is 0 Å². The second-order valence-corrected chi connectivity index (χ2v) is 5.93. The van der Waals surface area contributed by atoms with Crippen molar-refractivity contribution in [3.8, 4) is 5.75 Å². The van der Waals surface area contributed by atoms with Gasteiger partial charge in [0.2, 0.25) is 0 Å². The van der Waals surface area contributed by atoms with Gasteiger partial charge in [-0.05, 0) is 40.2 Å². The Morgan fingerprint density at radius 1 is 1.09 bits per heavy atom. The summed E-state index contributed by atoms with van der Waals surface area (Å²) in [6.45, 7) is -0.526. The van der Waals surface area contributed by atoms with Crippen molar-refractivity contribution in [1.29, 1.82) is 0 Å². The summed E-state index contributed by atoms with van der Waals surface area (Å²) in [5.74, 6) is -3.19. The van der Waals surface area contributed by atoms with Gasteiger partial charge in [-0.15, -0.1) is 0 Å². The Labute approximate surface area is 140 Å². The van der Waals surface area contributed by atoms with E-state index in [1.165, 1.54) is 12.1 Å². The van der Waals surface area contributed by atoms with E-state index in [2.05, 4.69) is 37.2 Å². The lowest BCUT2D eigenvalue weighted by molar-refractivity contribution is -0.118. The van der Waals surface area contributed by atoms with Crippen LogP contribution in [0.5, 0.6) is 5.75 Å². The number of benzene rings is 2. The predicted molar refractivity (Wildman–Crippen MR) is 82.3 cm³/mol. The van der Waals surface area contributed by atoms with Gasteiger partial charge in [0.05, 0.1) is 5.69 Å². The molecule has 0 atom stereocenters. The molecule has 0 aliphatic heterocycles. The molecule has 0 aliphatic rings. The Morgan fingerprint density at radius 2 is 1.82 bits per heavy atom. The van der Waals surface area contributed by atoms with Crippen molar-refractivity contribution in [2.75, 3.05) is 11.9 Å². The highest BCUT2D eigenvalue weighted by atomic mass is 79.9. The number of hydrogen-bond donors (Lipinski definition) is 1. The molecule has 0 aromatic heterocycles. The fourth-order valence-electron chi connectivity index (χ4n) is 1.57. The topological polar surface area (TPSA) is 38.3 Å². The summed E-state index contributed by atoms with van der Waals surface area (Å²) in [6, 6.07) is 5.72. The molecule has 0 saturated carbocycles. The molecule has 0 saturated heterocycles. The van der Waals surface area contributed by atoms with Crippen LogP contribution in [0.25, 0.3) is 0 Å². The van der Waals surface area contributed by atoms with Crippen molar-refractivity contribution in [2.24, 2.45) is 0 Å². The molecular formula is C14H8Br2F3NO2. The van der Waals surface area contributed by atoms with E-state index in [0.717, 1.165) is 6.07 Å². The first-order valence-corrected chi connectivity index (χ1v) is 7.47. The van der Waals surface area contributed by atoms with Gasteiger partial charge in [0, 0.05) is 15.0 Å². The molecule has 1 N–H and O–H groups in total. The molecule has 0 unspecified atom stereocenters. The first-order valence-electron chi connectivity index (χ1n) is 5.89. The summed E-state index contributed by atoms with van der Waals surface area (Å²) in [7, 11) is 0. The number of amides is 1. The zero-order chi connectivity index (χ0) is 16.3. The molecule has 22 heavy (non-hydrogen) atoms. The minimum absolute atomic E-state index is 0.0492. The molecule has 0 spiro atoms. The van der Waals surface area contributed by atoms with Gasteiger partial charge in [0.25, 0.3) is 5.91 Å². The first kappa shape index (κ1) is 16.8. The lowest BCUT2D eigenvalue weighted by atomic mass is 10.3. The van der Waals surface area contributed by atoms with Crippen LogP contribution in [0.3, 0.4) is 0 Å². The number of rotatable bonds is 4. The van der Waals surface area contributed by atoms with Gasteiger partial charge in [-0.3, -0.25) is 4.79 Å². The maximum absolute atomic E-state index is 13.6. The summed E-state index contributed by atoms with van der Waals surface area (Å²) >= 11 is 6.03. The number of anilines is 1. The average molecular weight is 439 g/mol. The fourth-order valence-corrected chi connectivity index (χ4v) is 2.41. The van der Waals surface area contributed by atoms with Crippen LogP contribution in [0.4, 0.5) is 18.9 Å². The van der Waals surface area contributed by atoms with Gasteiger partial charge in [0.15, 0.2) is 24.0 Å². The number of ether oxygens (including phenoxy) is 1. The number of carbonyl (C=O) groups excluding carboxylic acids is 1. The van der Waals surface area contributed by atoms with Crippen LogP contribution in [-0.4, -0.2) is 12.5 Å². The number of halogens is 5. The molecular weight excluding hydrogens is 431 g/mol. The van der Waals surface area contributed by atoms with Gasteiger partial charge in [-0.25, -0.2) is 13.2 Å². The Hall–Kier alpha value is -1.54. The number of carbonyl (C=O) groups is 1. The molecule has 0 fully saturated rings. The van der Waals surface area contributed by atoms with Crippen LogP contribution >= 0.6 is 31.9 Å². The standard InChI is InChI=1S/C14H8Br2F3NO2/c15-7-1-2-12(10(18)3-7)22-6-13(21)20-14-9(16)4-8(17)5-11(14)19/h1-5H,6H2,(H,20,21). The molecule has 0 aliphatic carbocycles. The van der Waals surface area contributed by atoms with E-state index in [9.17, 15) is 18.0 Å². The molecule has 2 rings (SSSR count). The fraction of sp³-hybridized carbons (Fsp3) is 0.0714. The minimum atomic E-state index is -0.935. The Morgan fingerprint density at radius 3 is 2.45 bits per heavy atom. The zero-order valence-corrected chi connectivity index (χ0v) is 14.0. The average Bonchev–Trinajstić information content (AvgIpc) is 2.42. The van der Waals surface area contributed by atoms with Gasteiger partial charge in [-0.2, -0.15) is 0 Å². The molecule has 0 radical (unpaired) electrons. The van der Waals surface area contributed by atoms with Crippen LogP contribution < -0.4 is 10.1 Å². The largest absolute Gasteiger partial charge is 0.481 e. The van der Waals surface area contributed by atoms with Crippen LogP contribution in [-0.2, 0) is 4.79 Å². The number of hydrogen-bond acceptors (Lipinski definition) is 2. The normalized spacial score (nSPS) is 10.4. The smallest absolute Gasteiger partial charge is 0.262 e. The van der Waals surface area contributed by atoms with E-state index in [-0.39, 0.29) is 15.9 Å². The van der Waals surface area contributed by atoms with Crippen molar-refractivity contribution < 1.29 is 22.7 Å². The van der Waals surface area contributed by atoms with Gasteiger partial charge < -0.3 is 10.1 Å². The molecule has 2 aromatic carbocycles. The third-order valence-electron chi connectivity index (χ3n) is 2.52. The third kappa shape index (κ3) is 4.23. The number of nitrogens with one attached hydrogen (secondary N) is 1. The Balaban J connectivity index is 2.02. The van der Waals surface area contributed by atoms with E-state index in [1.807, 2.05) is 0 Å². The summed E-state index contributed by atoms with van der Waals surface area (Å²) in [5, 5.41) is 2.22. The quantitative estimate of drug-likeness (QED) is 0.754. The summed E-state index contributed by atoms with van der Waals surface area (Å²) in [4.78, 5) is 11.7. The van der Waals surface area contributed by atoms with Crippen molar-refractivity contribution in [3.05, 3.63) is 56.7 Å². The molecule has 1 amide bonds. The second-order valence-electron chi connectivity index (χ2n) is 4.16. The predicted octanol–water partition coefficient (Wildman–Crippen LogP) is 4.65. The highest BCUT2D eigenvalue weighted by Crippen LogP contribution is 2.27. The summed E-state index contributed by atoms with van der Waals surface area (Å²) < 4.78 is 45.6. The summed E-state index contributed by atoms with van der Waals surface area (Å²) in [5.41, 5.74) is -0.216. The first-order chi connectivity index (χ1) is 10.4. The highest BCUT2D eigenvalue weighted by Gasteiger charge is 2.14. The zero-order valence-electron chi connectivity index (χ0n) is 10.8. The molecule has 0 heterocycles. The van der Waals surface area contributed by atoms with Crippen molar-refractivity contribution in [1.82, 2.24) is 0 Å². The molecule has 116 valence electrons. The summed E-state index contributed by atoms with van der Waals surface area (Å²) in [6.07, 6.45) is 0. The minimum Gasteiger partial charge on any atom is -0.481 e. The molecule has 2 aromatic rings. The van der Waals surface area contributed by atoms with Crippen LogP contribution in [0.2, 0.25) is 0 Å². The maximum atomic E-state index is 13.6. The molecule has 3 nitrogen and oxygen atoms in total. The molecule has 0 bridgehead atoms. The van der Waals surface area contributed by atoms with Crippen molar-refractivity contribution in [2.45, 2.75) is 0 Å². The highest BCUT2D eigenvalue weighted by molar-refractivity contribution is 9.10. The maximum Gasteiger partial charge on any atom is 0.262 e. The Bertz CT molecular complexity index is 702. The lowest BCUT2D eigenvalue weighted by Crippen LogP contribution is -2.21. The third-order valence-corrected chi connectivity index (χ3v) is 3.64. The SMILES string of the molecule is O=C(COc1ccc(Br)cc1F)Nc1c(F)cc(F)cc1Br. The second kappa shape index (κ2) is 7.15. The Kier molecular flexibility index (Phi) is 5.47.